The molecule has 36 heavy (non-hydrogen) atoms. The molecule has 5 N–H and O–H groups in total. The van der Waals surface area contributed by atoms with Gasteiger partial charge in [-0.1, -0.05) is 12.1 Å². The Labute approximate surface area is 209 Å². The van der Waals surface area contributed by atoms with Crippen LogP contribution in [0.1, 0.15) is 42.1 Å². The van der Waals surface area contributed by atoms with E-state index in [0.29, 0.717) is 35.7 Å². The topological polar surface area (TPSA) is 147 Å². The molecule has 2 aliphatic heterocycles. The van der Waals surface area contributed by atoms with Crippen molar-refractivity contribution in [3.05, 3.63) is 47.0 Å². The fraction of sp³-hybridized carbons (Fsp3) is 0.538. The lowest BCUT2D eigenvalue weighted by molar-refractivity contribution is -0.294. The lowest BCUT2D eigenvalue weighted by atomic mass is 9.90. The summed E-state index contributed by atoms with van der Waals surface area (Å²) < 4.78 is 28.7. The van der Waals surface area contributed by atoms with Crippen LogP contribution in [0.25, 0.3) is 0 Å². The number of methoxy groups -OCH3 is 2. The molecule has 1 fully saturated rings. The van der Waals surface area contributed by atoms with E-state index in [9.17, 15) is 25.5 Å². The molecule has 7 atom stereocenters. The molecule has 2 heterocycles. The largest absolute Gasteiger partial charge is 0.504 e. The number of aliphatic hydroxyl groups excluding tert-OH is 4. The van der Waals surface area contributed by atoms with Crippen molar-refractivity contribution in [2.75, 3.05) is 27.4 Å². The minimum absolute atomic E-state index is 0.0360. The van der Waals surface area contributed by atoms with Gasteiger partial charge in [0, 0.05) is 12.2 Å². The fourth-order valence-corrected chi connectivity index (χ4v) is 4.75. The summed E-state index contributed by atoms with van der Waals surface area (Å²) in [5.74, 6) is 0.957. The van der Waals surface area contributed by atoms with Gasteiger partial charge in [0.15, 0.2) is 29.3 Å². The molecule has 0 spiro atoms. The van der Waals surface area contributed by atoms with Gasteiger partial charge in [-0.05, 0) is 49.1 Å². The third-order valence-electron chi connectivity index (χ3n) is 6.78. The van der Waals surface area contributed by atoms with Crippen molar-refractivity contribution < 1.29 is 49.2 Å². The van der Waals surface area contributed by atoms with Gasteiger partial charge in [0.2, 0.25) is 0 Å². The minimum Gasteiger partial charge on any atom is -0.504 e. The van der Waals surface area contributed by atoms with Crippen molar-refractivity contribution in [3.8, 4) is 23.0 Å². The van der Waals surface area contributed by atoms with Crippen LogP contribution >= 0.6 is 0 Å². The molecule has 0 aromatic heterocycles. The van der Waals surface area contributed by atoms with Crippen LogP contribution in [0.4, 0.5) is 0 Å². The van der Waals surface area contributed by atoms with E-state index >= 15 is 0 Å². The SMILES string of the molecule is COc1ccc([C@H]2Oc3c(OC)cc(CCCO)cc3[C@@H]2CO[C@@H]2O[C@@H](C)[C@H](O)[C@@H](O)[C@H]2O)cc1O. The molecular weight excluding hydrogens is 472 g/mol. The average molecular weight is 507 g/mol. The van der Waals surface area contributed by atoms with Crippen molar-refractivity contribution in [3.63, 3.8) is 0 Å². The number of phenols is 1. The van der Waals surface area contributed by atoms with Crippen molar-refractivity contribution in [1.29, 1.82) is 0 Å². The average Bonchev–Trinajstić information content (AvgIpc) is 3.25. The van der Waals surface area contributed by atoms with Crippen LogP contribution < -0.4 is 14.2 Å². The zero-order valence-corrected chi connectivity index (χ0v) is 20.5. The number of aryl methyl sites for hydroxylation is 1. The Kier molecular flexibility index (Phi) is 8.23. The molecule has 0 unspecified atom stereocenters. The first kappa shape index (κ1) is 26.5. The zero-order valence-electron chi connectivity index (χ0n) is 20.5. The number of ether oxygens (including phenoxy) is 5. The van der Waals surface area contributed by atoms with Crippen LogP contribution in [0, 0.1) is 0 Å². The first-order chi connectivity index (χ1) is 17.3. The molecule has 10 nitrogen and oxygen atoms in total. The number of hydrogen-bond acceptors (Lipinski definition) is 10. The minimum atomic E-state index is -1.44. The van der Waals surface area contributed by atoms with Crippen LogP contribution in [0.2, 0.25) is 0 Å². The molecule has 2 aliphatic rings. The molecule has 1 saturated heterocycles. The smallest absolute Gasteiger partial charge is 0.186 e. The highest BCUT2D eigenvalue weighted by Crippen LogP contribution is 2.52. The van der Waals surface area contributed by atoms with Crippen LogP contribution in [0.3, 0.4) is 0 Å². The maximum Gasteiger partial charge on any atom is 0.186 e. The summed E-state index contributed by atoms with van der Waals surface area (Å²) in [6.45, 7) is 1.68. The van der Waals surface area contributed by atoms with Crippen molar-refractivity contribution in [2.24, 2.45) is 0 Å². The van der Waals surface area contributed by atoms with Gasteiger partial charge in [-0.15, -0.1) is 0 Å². The van der Waals surface area contributed by atoms with E-state index in [2.05, 4.69) is 0 Å². The third kappa shape index (κ3) is 5.10. The van der Waals surface area contributed by atoms with Gasteiger partial charge in [-0.3, -0.25) is 0 Å². The Hall–Kier alpha value is -2.60. The van der Waals surface area contributed by atoms with Gasteiger partial charge in [0.25, 0.3) is 0 Å². The predicted octanol–water partition coefficient (Wildman–Crippen LogP) is 1.40. The number of benzene rings is 2. The number of aromatic hydroxyl groups is 1. The van der Waals surface area contributed by atoms with E-state index in [1.165, 1.54) is 7.11 Å². The molecule has 0 amide bonds. The third-order valence-corrected chi connectivity index (χ3v) is 6.78. The second kappa shape index (κ2) is 11.2. The molecule has 2 aromatic carbocycles. The number of hydrogen-bond donors (Lipinski definition) is 5. The molecule has 10 heteroatoms. The Morgan fingerprint density at radius 2 is 1.69 bits per heavy atom. The highest BCUT2D eigenvalue weighted by molar-refractivity contribution is 5.56. The first-order valence-electron chi connectivity index (χ1n) is 12.0. The van der Waals surface area contributed by atoms with Crippen LogP contribution in [0.15, 0.2) is 30.3 Å². The van der Waals surface area contributed by atoms with E-state index < -0.39 is 42.7 Å². The second-order valence-electron chi connectivity index (χ2n) is 9.13. The summed E-state index contributed by atoms with van der Waals surface area (Å²) in [5, 5.41) is 50.2. The van der Waals surface area contributed by atoms with Gasteiger partial charge in [-0.25, -0.2) is 0 Å². The molecule has 0 saturated carbocycles. The first-order valence-corrected chi connectivity index (χ1v) is 12.0. The Morgan fingerprint density at radius 1 is 0.944 bits per heavy atom. The zero-order chi connectivity index (χ0) is 26.0. The molecule has 4 rings (SSSR count). The summed E-state index contributed by atoms with van der Waals surface area (Å²) >= 11 is 0. The molecular formula is C26H34O10. The van der Waals surface area contributed by atoms with Crippen LogP contribution in [-0.2, 0) is 15.9 Å². The molecule has 2 aromatic rings. The summed E-state index contributed by atoms with van der Waals surface area (Å²) in [7, 11) is 3.01. The van der Waals surface area contributed by atoms with Crippen LogP contribution in [0.5, 0.6) is 23.0 Å². The maximum atomic E-state index is 10.4. The molecule has 0 bridgehead atoms. The van der Waals surface area contributed by atoms with Gasteiger partial charge < -0.3 is 49.2 Å². The quantitative estimate of drug-likeness (QED) is 0.338. The van der Waals surface area contributed by atoms with Gasteiger partial charge in [0.05, 0.1) is 32.8 Å². The van der Waals surface area contributed by atoms with Crippen molar-refractivity contribution >= 4 is 0 Å². The fourth-order valence-electron chi connectivity index (χ4n) is 4.75. The second-order valence-corrected chi connectivity index (χ2v) is 9.13. The number of aliphatic hydroxyl groups is 4. The standard InChI is InChI=1S/C26H34O10/c1-13-21(29)22(30)23(31)26(35-13)34-12-17-16-9-14(5-4-8-27)10-20(33-3)25(16)36-24(17)15-6-7-19(32-2)18(28)11-15/h6-7,9-11,13,17,21-24,26-31H,4-5,8,12H2,1-3H3/t13-,17-,21-,22+,23+,24+,26+/m0/s1. The van der Waals surface area contributed by atoms with Gasteiger partial charge in [0.1, 0.15) is 24.4 Å². The van der Waals surface area contributed by atoms with E-state index in [1.807, 2.05) is 12.1 Å². The van der Waals surface area contributed by atoms with Crippen molar-refractivity contribution in [1.82, 2.24) is 0 Å². The highest BCUT2D eigenvalue weighted by atomic mass is 16.7. The lowest BCUT2D eigenvalue weighted by Crippen LogP contribution is -2.57. The lowest BCUT2D eigenvalue weighted by Gasteiger charge is -2.39. The number of rotatable bonds is 9. The number of fused-ring (bicyclic) bond motifs is 1. The maximum absolute atomic E-state index is 10.4. The summed E-state index contributed by atoms with van der Waals surface area (Å²) in [6.07, 6.45) is -5.34. The molecule has 198 valence electrons. The van der Waals surface area contributed by atoms with Gasteiger partial charge in [-0.2, -0.15) is 0 Å². The summed E-state index contributed by atoms with van der Waals surface area (Å²) in [6, 6.07) is 8.84. The predicted molar refractivity (Wildman–Crippen MR) is 127 cm³/mol. The van der Waals surface area contributed by atoms with Gasteiger partial charge >= 0.3 is 0 Å². The molecule has 0 radical (unpaired) electrons. The Balaban J connectivity index is 1.67. The Bertz CT molecular complexity index is 1040. The van der Waals surface area contributed by atoms with E-state index in [0.717, 1.165) is 11.1 Å². The van der Waals surface area contributed by atoms with E-state index in [1.54, 1.807) is 32.2 Å². The normalized spacial score (nSPS) is 29.5. The summed E-state index contributed by atoms with van der Waals surface area (Å²) in [5.41, 5.74) is 2.43. The number of phenolic OH excluding ortho intramolecular Hbond substituents is 1. The van der Waals surface area contributed by atoms with Crippen LogP contribution in [-0.4, -0.2) is 83.7 Å². The Morgan fingerprint density at radius 3 is 2.36 bits per heavy atom. The van der Waals surface area contributed by atoms with Crippen molar-refractivity contribution in [2.45, 2.75) is 62.5 Å². The molecule has 0 aliphatic carbocycles. The monoisotopic (exact) mass is 506 g/mol. The summed E-state index contributed by atoms with van der Waals surface area (Å²) in [4.78, 5) is 0. The van der Waals surface area contributed by atoms with E-state index in [4.69, 9.17) is 23.7 Å². The highest BCUT2D eigenvalue weighted by Gasteiger charge is 2.44. The van der Waals surface area contributed by atoms with E-state index in [-0.39, 0.29) is 19.0 Å².